The predicted molar refractivity (Wildman–Crippen MR) is 84.5 cm³/mol. The van der Waals surface area contributed by atoms with Crippen molar-refractivity contribution in [1.29, 1.82) is 0 Å². The van der Waals surface area contributed by atoms with E-state index in [-0.39, 0.29) is 11.9 Å². The maximum Gasteiger partial charge on any atom is 0.276 e. The molecule has 1 amide bonds. The molecule has 2 fully saturated rings. The SMILES string of the molecule is COc1ccc([C@H]2CCCN2C(=O)c2cc(C3CC3)on2)cc1. The van der Waals surface area contributed by atoms with Crippen LogP contribution in [-0.4, -0.2) is 29.6 Å². The molecule has 1 aliphatic heterocycles. The second-order valence-electron chi connectivity index (χ2n) is 6.32. The average molecular weight is 312 g/mol. The zero-order chi connectivity index (χ0) is 15.8. The lowest BCUT2D eigenvalue weighted by Crippen LogP contribution is -2.30. The summed E-state index contributed by atoms with van der Waals surface area (Å²) < 4.78 is 10.5. The Hall–Kier alpha value is -2.30. The van der Waals surface area contributed by atoms with Crippen molar-refractivity contribution in [3.05, 3.63) is 47.3 Å². The molecule has 2 aromatic rings. The summed E-state index contributed by atoms with van der Waals surface area (Å²) in [5, 5.41) is 3.99. The highest BCUT2D eigenvalue weighted by molar-refractivity contribution is 5.92. The van der Waals surface area contributed by atoms with Crippen LogP contribution in [0.2, 0.25) is 0 Å². The van der Waals surface area contributed by atoms with Gasteiger partial charge in [-0.3, -0.25) is 4.79 Å². The van der Waals surface area contributed by atoms with Crippen LogP contribution in [0, 0.1) is 0 Å². The fourth-order valence-electron chi connectivity index (χ4n) is 3.28. The lowest BCUT2D eigenvalue weighted by atomic mass is 10.0. The summed E-state index contributed by atoms with van der Waals surface area (Å²) in [5.41, 5.74) is 1.58. The Morgan fingerprint density at radius 3 is 2.74 bits per heavy atom. The third kappa shape index (κ3) is 2.71. The number of hydrogen-bond donors (Lipinski definition) is 0. The average Bonchev–Trinajstić information content (AvgIpc) is 3.14. The largest absolute Gasteiger partial charge is 0.497 e. The van der Waals surface area contributed by atoms with Crippen LogP contribution in [0.5, 0.6) is 5.75 Å². The fraction of sp³-hybridized carbons (Fsp3) is 0.444. The minimum atomic E-state index is -0.0287. The molecule has 1 aromatic heterocycles. The lowest BCUT2D eigenvalue weighted by Gasteiger charge is -2.24. The van der Waals surface area contributed by atoms with Crippen LogP contribution < -0.4 is 4.74 Å². The number of hydrogen-bond acceptors (Lipinski definition) is 4. The minimum Gasteiger partial charge on any atom is -0.497 e. The molecule has 0 N–H and O–H groups in total. The van der Waals surface area contributed by atoms with Gasteiger partial charge in [-0.05, 0) is 43.4 Å². The van der Waals surface area contributed by atoms with Crippen molar-refractivity contribution in [1.82, 2.24) is 10.1 Å². The lowest BCUT2D eigenvalue weighted by molar-refractivity contribution is 0.0725. The van der Waals surface area contributed by atoms with Crippen molar-refractivity contribution in [3.8, 4) is 5.75 Å². The molecule has 1 atom stereocenters. The Balaban J connectivity index is 1.54. The normalized spacial score (nSPS) is 20.7. The number of benzene rings is 1. The van der Waals surface area contributed by atoms with Crippen LogP contribution in [0.4, 0.5) is 0 Å². The van der Waals surface area contributed by atoms with Gasteiger partial charge in [0.05, 0.1) is 13.2 Å². The molecule has 0 spiro atoms. The standard InChI is InChI=1S/C18H20N2O3/c1-22-14-8-6-12(7-9-14)16-3-2-10-20(16)18(21)15-11-17(23-19-15)13-4-5-13/h6-9,11,13,16H,2-5,10H2,1H3/t16-/m1/s1. The molecular weight excluding hydrogens is 292 g/mol. The van der Waals surface area contributed by atoms with Gasteiger partial charge in [0.1, 0.15) is 11.5 Å². The van der Waals surface area contributed by atoms with E-state index in [1.54, 1.807) is 7.11 Å². The number of likely N-dealkylation sites (tertiary alicyclic amines) is 1. The van der Waals surface area contributed by atoms with Crippen molar-refractivity contribution >= 4 is 5.91 Å². The predicted octanol–water partition coefficient (Wildman–Crippen LogP) is 3.54. The monoisotopic (exact) mass is 312 g/mol. The Morgan fingerprint density at radius 2 is 2.04 bits per heavy atom. The summed E-state index contributed by atoms with van der Waals surface area (Å²) in [6.45, 7) is 0.765. The minimum absolute atomic E-state index is 0.0287. The van der Waals surface area contributed by atoms with Gasteiger partial charge >= 0.3 is 0 Å². The molecule has 0 unspecified atom stereocenters. The number of methoxy groups -OCH3 is 1. The topological polar surface area (TPSA) is 55.6 Å². The molecule has 1 aromatic carbocycles. The summed E-state index contributed by atoms with van der Waals surface area (Å²) in [6, 6.07) is 9.88. The van der Waals surface area contributed by atoms with E-state index in [4.69, 9.17) is 9.26 Å². The Labute approximate surface area is 135 Å². The van der Waals surface area contributed by atoms with Gasteiger partial charge in [-0.15, -0.1) is 0 Å². The second kappa shape index (κ2) is 5.72. The van der Waals surface area contributed by atoms with Gasteiger partial charge in [-0.25, -0.2) is 0 Å². The number of ether oxygens (including phenoxy) is 1. The highest BCUT2D eigenvalue weighted by Gasteiger charge is 2.34. The van der Waals surface area contributed by atoms with Crippen molar-refractivity contribution in [2.75, 3.05) is 13.7 Å². The summed E-state index contributed by atoms with van der Waals surface area (Å²) in [4.78, 5) is 14.7. The highest BCUT2D eigenvalue weighted by atomic mass is 16.5. The highest BCUT2D eigenvalue weighted by Crippen LogP contribution is 2.40. The van der Waals surface area contributed by atoms with E-state index in [0.717, 1.165) is 49.3 Å². The number of carbonyl (C=O) groups excluding carboxylic acids is 1. The van der Waals surface area contributed by atoms with E-state index in [9.17, 15) is 4.79 Å². The maximum absolute atomic E-state index is 12.8. The molecule has 1 saturated carbocycles. The number of amides is 1. The van der Waals surface area contributed by atoms with Crippen LogP contribution in [0.15, 0.2) is 34.9 Å². The first-order chi connectivity index (χ1) is 11.3. The first kappa shape index (κ1) is 14.3. The van der Waals surface area contributed by atoms with Gasteiger partial charge in [-0.1, -0.05) is 17.3 Å². The van der Waals surface area contributed by atoms with Gasteiger partial charge in [0, 0.05) is 18.5 Å². The molecule has 0 bridgehead atoms. The quantitative estimate of drug-likeness (QED) is 0.866. The van der Waals surface area contributed by atoms with E-state index in [1.165, 1.54) is 0 Å². The first-order valence-corrected chi connectivity index (χ1v) is 8.18. The zero-order valence-corrected chi connectivity index (χ0v) is 13.2. The smallest absolute Gasteiger partial charge is 0.276 e. The van der Waals surface area contributed by atoms with E-state index in [2.05, 4.69) is 5.16 Å². The van der Waals surface area contributed by atoms with E-state index in [1.807, 2.05) is 35.2 Å². The molecule has 0 radical (unpaired) electrons. The van der Waals surface area contributed by atoms with Gasteiger partial charge in [0.25, 0.3) is 5.91 Å². The van der Waals surface area contributed by atoms with Crippen LogP contribution in [0.1, 0.15) is 59.5 Å². The summed E-state index contributed by atoms with van der Waals surface area (Å²) in [5.74, 6) is 2.13. The van der Waals surface area contributed by atoms with Gasteiger partial charge in [-0.2, -0.15) is 0 Å². The van der Waals surface area contributed by atoms with Crippen LogP contribution in [-0.2, 0) is 0 Å². The van der Waals surface area contributed by atoms with E-state index < -0.39 is 0 Å². The molecule has 5 heteroatoms. The number of carbonyl (C=O) groups is 1. The van der Waals surface area contributed by atoms with Crippen molar-refractivity contribution in [3.63, 3.8) is 0 Å². The van der Waals surface area contributed by atoms with Gasteiger partial charge in [0.15, 0.2) is 5.69 Å². The van der Waals surface area contributed by atoms with Gasteiger partial charge in [0.2, 0.25) is 0 Å². The Morgan fingerprint density at radius 1 is 1.26 bits per heavy atom. The zero-order valence-electron chi connectivity index (χ0n) is 13.2. The number of rotatable bonds is 4. The third-order valence-corrected chi connectivity index (χ3v) is 4.74. The third-order valence-electron chi connectivity index (χ3n) is 4.74. The Bertz CT molecular complexity index is 703. The molecule has 120 valence electrons. The molecule has 1 aliphatic carbocycles. The Kier molecular flexibility index (Phi) is 3.56. The van der Waals surface area contributed by atoms with Crippen LogP contribution in [0.3, 0.4) is 0 Å². The molecular formula is C18H20N2O3. The number of aromatic nitrogens is 1. The second-order valence-corrected chi connectivity index (χ2v) is 6.32. The number of nitrogens with zero attached hydrogens (tertiary/aromatic N) is 2. The molecule has 2 heterocycles. The fourth-order valence-corrected chi connectivity index (χ4v) is 3.28. The summed E-state index contributed by atoms with van der Waals surface area (Å²) in [7, 11) is 1.66. The maximum atomic E-state index is 12.8. The molecule has 1 saturated heterocycles. The first-order valence-electron chi connectivity index (χ1n) is 8.18. The van der Waals surface area contributed by atoms with E-state index >= 15 is 0 Å². The summed E-state index contributed by atoms with van der Waals surface area (Å²) >= 11 is 0. The van der Waals surface area contributed by atoms with Crippen molar-refractivity contribution in [2.45, 2.75) is 37.6 Å². The molecule has 23 heavy (non-hydrogen) atoms. The van der Waals surface area contributed by atoms with Crippen molar-refractivity contribution in [2.24, 2.45) is 0 Å². The molecule has 2 aliphatic rings. The van der Waals surface area contributed by atoms with E-state index in [0.29, 0.717) is 11.6 Å². The van der Waals surface area contributed by atoms with Crippen LogP contribution >= 0.6 is 0 Å². The molecule has 4 rings (SSSR count). The molecule has 5 nitrogen and oxygen atoms in total. The summed E-state index contributed by atoms with van der Waals surface area (Å²) in [6.07, 6.45) is 4.27. The van der Waals surface area contributed by atoms with Crippen LogP contribution in [0.25, 0.3) is 0 Å². The van der Waals surface area contributed by atoms with Crippen molar-refractivity contribution < 1.29 is 14.1 Å². The van der Waals surface area contributed by atoms with Gasteiger partial charge < -0.3 is 14.2 Å².